The van der Waals surface area contributed by atoms with Crippen molar-refractivity contribution in [3.8, 4) is 0 Å². The molecule has 0 bridgehead atoms. The molecule has 1 rings (SSSR count). The van der Waals surface area contributed by atoms with Crippen molar-refractivity contribution in [2.45, 2.75) is 13.5 Å². The monoisotopic (exact) mass is 301 g/mol. The number of nitrogens with zero attached hydrogens (tertiary/aromatic N) is 1. The minimum atomic E-state index is -0.212. The van der Waals surface area contributed by atoms with Crippen LogP contribution in [-0.4, -0.2) is 24.3 Å². The van der Waals surface area contributed by atoms with Crippen molar-refractivity contribution in [1.82, 2.24) is 4.90 Å². The average Bonchev–Trinajstić information content (AvgIpc) is 2.23. The molecule has 3 N–H and O–H groups in total. The molecule has 0 aliphatic heterocycles. The lowest BCUT2D eigenvalue weighted by Crippen LogP contribution is -2.31. The number of benzene rings is 1. The minimum Gasteiger partial charge on any atom is -0.387 e. The van der Waals surface area contributed by atoms with E-state index in [-0.39, 0.29) is 17.6 Å². The predicted octanol–water partition coefficient (Wildman–Crippen LogP) is 2.59. The third kappa shape index (κ3) is 4.44. The highest BCUT2D eigenvalue weighted by Crippen LogP contribution is 2.17. The maximum absolute atomic E-state index is 13.5. The van der Waals surface area contributed by atoms with Gasteiger partial charge in [0, 0.05) is 29.0 Å². The van der Waals surface area contributed by atoms with Crippen molar-refractivity contribution in [2.24, 2.45) is 11.7 Å². The maximum Gasteiger partial charge on any atom is 0.127 e. The summed E-state index contributed by atoms with van der Waals surface area (Å²) in [5.41, 5.74) is 6.04. The van der Waals surface area contributed by atoms with Crippen LogP contribution in [0.3, 0.4) is 0 Å². The molecule has 0 radical (unpaired) electrons. The van der Waals surface area contributed by atoms with Gasteiger partial charge in [0.15, 0.2) is 0 Å². The molecule has 5 heteroatoms. The lowest BCUT2D eigenvalue weighted by atomic mass is 10.1. The Labute approximate surface area is 109 Å². The molecule has 0 aliphatic carbocycles. The Morgan fingerprint density at radius 1 is 1.59 bits per heavy atom. The third-order valence-electron chi connectivity index (χ3n) is 2.56. The van der Waals surface area contributed by atoms with Gasteiger partial charge in [0.25, 0.3) is 0 Å². The fourth-order valence-corrected chi connectivity index (χ4v) is 1.99. The van der Waals surface area contributed by atoms with Gasteiger partial charge in [-0.2, -0.15) is 0 Å². The SMILES string of the molecule is CC(CN(C)Cc1cc(Br)ccc1F)C(=N)N. The Hall–Kier alpha value is -0.940. The normalized spacial score (nSPS) is 12.8. The number of hydrogen-bond donors (Lipinski definition) is 2. The molecule has 0 spiro atoms. The first-order valence-electron chi connectivity index (χ1n) is 5.36. The lowest BCUT2D eigenvalue weighted by Gasteiger charge is -2.20. The van der Waals surface area contributed by atoms with Crippen LogP contribution in [0.1, 0.15) is 12.5 Å². The molecule has 0 amide bonds. The fourth-order valence-electron chi connectivity index (χ4n) is 1.59. The molecule has 17 heavy (non-hydrogen) atoms. The van der Waals surface area contributed by atoms with Crippen LogP contribution in [-0.2, 0) is 6.54 Å². The quantitative estimate of drug-likeness (QED) is 0.649. The summed E-state index contributed by atoms with van der Waals surface area (Å²) in [6.07, 6.45) is 0. The van der Waals surface area contributed by atoms with Crippen molar-refractivity contribution in [1.29, 1.82) is 5.41 Å². The summed E-state index contributed by atoms with van der Waals surface area (Å²) in [5.74, 6) is -0.0719. The molecule has 0 aliphatic rings. The first-order chi connectivity index (χ1) is 7.90. The Morgan fingerprint density at radius 2 is 2.24 bits per heavy atom. The fraction of sp³-hybridized carbons (Fsp3) is 0.417. The van der Waals surface area contributed by atoms with E-state index in [1.165, 1.54) is 6.07 Å². The van der Waals surface area contributed by atoms with Crippen LogP contribution in [0.2, 0.25) is 0 Å². The molecule has 1 atom stereocenters. The van der Waals surface area contributed by atoms with Crippen molar-refractivity contribution >= 4 is 21.8 Å². The van der Waals surface area contributed by atoms with E-state index in [1.54, 1.807) is 12.1 Å². The van der Waals surface area contributed by atoms with Gasteiger partial charge < -0.3 is 10.6 Å². The Morgan fingerprint density at radius 3 is 2.82 bits per heavy atom. The molecule has 0 saturated heterocycles. The van der Waals surface area contributed by atoms with Crippen LogP contribution >= 0.6 is 15.9 Å². The lowest BCUT2D eigenvalue weighted by molar-refractivity contribution is 0.301. The molecule has 0 saturated carbocycles. The molecular weight excluding hydrogens is 285 g/mol. The number of rotatable bonds is 5. The largest absolute Gasteiger partial charge is 0.387 e. The van der Waals surface area contributed by atoms with Gasteiger partial charge in [-0.1, -0.05) is 22.9 Å². The summed E-state index contributed by atoms with van der Waals surface area (Å²) in [6, 6.07) is 4.89. The second-order valence-corrected chi connectivity index (χ2v) is 5.20. The van der Waals surface area contributed by atoms with Crippen LogP contribution in [0.15, 0.2) is 22.7 Å². The van der Waals surface area contributed by atoms with Crippen molar-refractivity contribution < 1.29 is 4.39 Å². The predicted molar refractivity (Wildman–Crippen MR) is 71.5 cm³/mol. The van der Waals surface area contributed by atoms with Gasteiger partial charge >= 0.3 is 0 Å². The summed E-state index contributed by atoms with van der Waals surface area (Å²) in [7, 11) is 1.89. The highest BCUT2D eigenvalue weighted by molar-refractivity contribution is 9.10. The summed E-state index contributed by atoms with van der Waals surface area (Å²) in [5, 5.41) is 7.32. The van der Waals surface area contributed by atoms with Gasteiger partial charge in [0.2, 0.25) is 0 Å². The van der Waals surface area contributed by atoms with Crippen LogP contribution in [0.25, 0.3) is 0 Å². The zero-order chi connectivity index (χ0) is 13.0. The van der Waals surface area contributed by atoms with Gasteiger partial charge in [0.1, 0.15) is 5.82 Å². The Bertz CT molecular complexity index is 409. The minimum absolute atomic E-state index is 0.0183. The van der Waals surface area contributed by atoms with E-state index in [4.69, 9.17) is 11.1 Å². The molecule has 0 heterocycles. The first-order valence-corrected chi connectivity index (χ1v) is 6.16. The molecule has 94 valence electrons. The molecule has 3 nitrogen and oxygen atoms in total. The van der Waals surface area contributed by atoms with E-state index in [0.29, 0.717) is 18.7 Å². The number of nitrogens with one attached hydrogen (secondary N) is 1. The topological polar surface area (TPSA) is 53.1 Å². The number of nitrogens with two attached hydrogens (primary N) is 1. The van der Waals surface area contributed by atoms with E-state index in [2.05, 4.69) is 15.9 Å². The second-order valence-electron chi connectivity index (χ2n) is 4.29. The Kier molecular flexibility index (Phi) is 5.08. The van der Waals surface area contributed by atoms with E-state index >= 15 is 0 Å². The summed E-state index contributed by atoms with van der Waals surface area (Å²) >= 11 is 3.32. The van der Waals surface area contributed by atoms with Gasteiger partial charge in [-0.05, 0) is 25.2 Å². The summed E-state index contributed by atoms with van der Waals surface area (Å²) in [4.78, 5) is 1.96. The average molecular weight is 302 g/mol. The summed E-state index contributed by atoms with van der Waals surface area (Å²) < 4.78 is 14.4. The molecule has 0 fully saturated rings. The maximum atomic E-state index is 13.5. The van der Waals surface area contributed by atoms with Crippen LogP contribution in [0, 0.1) is 17.1 Å². The highest BCUT2D eigenvalue weighted by Gasteiger charge is 2.11. The van der Waals surface area contributed by atoms with Gasteiger partial charge in [-0.25, -0.2) is 4.39 Å². The highest BCUT2D eigenvalue weighted by atomic mass is 79.9. The van der Waals surface area contributed by atoms with Crippen molar-refractivity contribution in [3.05, 3.63) is 34.1 Å². The van der Waals surface area contributed by atoms with Gasteiger partial charge in [-0.3, -0.25) is 5.41 Å². The van der Waals surface area contributed by atoms with E-state index < -0.39 is 0 Å². The van der Waals surface area contributed by atoms with Gasteiger partial charge in [0.05, 0.1) is 5.84 Å². The van der Waals surface area contributed by atoms with Crippen LogP contribution < -0.4 is 5.73 Å². The van der Waals surface area contributed by atoms with Crippen molar-refractivity contribution in [3.63, 3.8) is 0 Å². The van der Waals surface area contributed by atoms with Crippen LogP contribution in [0.5, 0.6) is 0 Å². The molecule has 0 aromatic heterocycles. The molecular formula is C12H17BrFN3. The number of hydrogen-bond acceptors (Lipinski definition) is 2. The zero-order valence-corrected chi connectivity index (χ0v) is 11.6. The number of amidine groups is 1. The standard InChI is InChI=1S/C12H17BrFN3/c1-8(12(15)16)6-17(2)7-9-5-10(13)3-4-11(9)14/h3-5,8H,6-7H2,1-2H3,(H3,15,16). The second kappa shape index (κ2) is 6.12. The zero-order valence-electron chi connectivity index (χ0n) is 10.0. The first kappa shape index (κ1) is 14.1. The molecule has 1 aromatic carbocycles. The smallest absolute Gasteiger partial charge is 0.127 e. The summed E-state index contributed by atoms with van der Waals surface area (Å²) in [6.45, 7) is 3.03. The molecule has 1 unspecified atom stereocenters. The van der Waals surface area contributed by atoms with Crippen molar-refractivity contribution in [2.75, 3.05) is 13.6 Å². The van der Waals surface area contributed by atoms with E-state index in [9.17, 15) is 4.39 Å². The van der Waals surface area contributed by atoms with Crippen LogP contribution in [0.4, 0.5) is 4.39 Å². The van der Waals surface area contributed by atoms with E-state index in [0.717, 1.165) is 4.47 Å². The molecule has 1 aromatic rings. The number of halogens is 2. The third-order valence-corrected chi connectivity index (χ3v) is 3.06. The Balaban J connectivity index is 2.64. The van der Waals surface area contributed by atoms with Gasteiger partial charge in [-0.15, -0.1) is 0 Å². The van der Waals surface area contributed by atoms with E-state index in [1.807, 2.05) is 18.9 Å².